The van der Waals surface area contributed by atoms with Crippen LogP contribution in [0.25, 0.3) is 0 Å². The topological polar surface area (TPSA) is 54.5 Å². The second-order valence-electron chi connectivity index (χ2n) is 6.87. The molecule has 1 amide bonds. The summed E-state index contributed by atoms with van der Waals surface area (Å²) in [5.74, 6) is 0. The van der Waals surface area contributed by atoms with Crippen molar-refractivity contribution >= 4 is 6.09 Å². The zero-order chi connectivity index (χ0) is 16.0. The smallest absolute Gasteiger partial charge is 0.407 e. The second-order valence-corrected chi connectivity index (χ2v) is 6.87. The molecule has 0 saturated carbocycles. The Morgan fingerprint density at radius 1 is 1.32 bits per heavy atom. The van der Waals surface area contributed by atoms with Crippen LogP contribution >= 0.6 is 0 Å². The minimum Gasteiger partial charge on any atom is -0.444 e. The highest BCUT2D eigenvalue weighted by Gasteiger charge is 2.23. The molecule has 1 saturated heterocycles. The summed E-state index contributed by atoms with van der Waals surface area (Å²) in [7, 11) is 0. The van der Waals surface area contributed by atoms with Gasteiger partial charge in [-0.25, -0.2) is 4.79 Å². The van der Waals surface area contributed by atoms with Crippen molar-refractivity contribution in [2.24, 2.45) is 0 Å². The third-order valence-electron chi connectivity index (χ3n) is 3.77. The number of pyridine rings is 1. The number of carbonyl (C=O) groups is 1. The Bertz CT molecular complexity index is 463. The lowest BCUT2D eigenvalue weighted by Gasteiger charge is -2.32. The van der Waals surface area contributed by atoms with Crippen molar-refractivity contribution < 1.29 is 9.53 Å². The Morgan fingerprint density at radius 3 is 2.55 bits per heavy atom. The van der Waals surface area contributed by atoms with Crippen molar-refractivity contribution in [1.82, 2.24) is 15.2 Å². The summed E-state index contributed by atoms with van der Waals surface area (Å²) in [6.45, 7) is 8.75. The molecule has 1 aromatic rings. The first kappa shape index (κ1) is 16.7. The molecule has 0 unspecified atom stereocenters. The number of ether oxygens (including phenoxy) is 1. The minimum absolute atomic E-state index is 0.229. The maximum atomic E-state index is 11.8. The van der Waals surface area contributed by atoms with Gasteiger partial charge in [-0.2, -0.15) is 0 Å². The minimum atomic E-state index is -0.435. The van der Waals surface area contributed by atoms with Gasteiger partial charge < -0.3 is 15.0 Å². The summed E-state index contributed by atoms with van der Waals surface area (Å²) in [4.78, 5) is 18.3. The number of hydrogen-bond acceptors (Lipinski definition) is 4. The standard InChI is InChI=1S/C17H27N3O2/c1-17(2,3)22-16(21)19-15-7-12-20(13-8-15)11-6-14-4-9-18-10-5-14/h4-5,9-10,15H,6-8,11-13H2,1-3H3,(H,19,21). The maximum Gasteiger partial charge on any atom is 0.407 e. The summed E-state index contributed by atoms with van der Waals surface area (Å²) >= 11 is 0. The summed E-state index contributed by atoms with van der Waals surface area (Å²) in [6.07, 6.45) is 6.39. The number of aromatic nitrogens is 1. The average Bonchev–Trinajstić information content (AvgIpc) is 2.45. The lowest BCUT2D eigenvalue weighted by atomic mass is 10.0. The van der Waals surface area contributed by atoms with E-state index in [1.54, 1.807) is 0 Å². The van der Waals surface area contributed by atoms with E-state index in [4.69, 9.17) is 4.74 Å². The van der Waals surface area contributed by atoms with Gasteiger partial charge in [0.2, 0.25) is 0 Å². The fourth-order valence-electron chi connectivity index (χ4n) is 2.61. The normalized spacial score (nSPS) is 17.2. The van der Waals surface area contributed by atoms with Crippen molar-refractivity contribution in [2.45, 2.75) is 51.7 Å². The zero-order valence-corrected chi connectivity index (χ0v) is 13.8. The van der Waals surface area contributed by atoms with Gasteiger partial charge in [-0.3, -0.25) is 4.98 Å². The Morgan fingerprint density at radius 2 is 1.95 bits per heavy atom. The molecule has 2 heterocycles. The largest absolute Gasteiger partial charge is 0.444 e. The number of rotatable bonds is 4. The van der Waals surface area contributed by atoms with Crippen LogP contribution in [0, 0.1) is 0 Å². The van der Waals surface area contributed by atoms with Crippen LogP contribution in [0.1, 0.15) is 39.2 Å². The van der Waals surface area contributed by atoms with Gasteiger partial charge in [0, 0.05) is 38.1 Å². The quantitative estimate of drug-likeness (QED) is 0.929. The molecule has 22 heavy (non-hydrogen) atoms. The highest BCUT2D eigenvalue weighted by molar-refractivity contribution is 5.68. The van der Waals surface area contributed by atoms with Crippen LogP contribution in [0.4, 0.5) is 4.79 Å². The molecular weight excluding hydrogens is 278 g/mol. The summed E-state index contributed by atoms with van der Waals surface area (Å²) in [5.41, 5.74) is 0.888. The van der Waals surface area contributed by atoms with Crippen LogP contribution in [0.3, 0.4) is 0 Å². The molecule has 1 aliphatic rings. The molecule has 2 rings (SSSR count). The van der Waals surface area contributed by atoms with Gasteiger partial charge in [-0.15, -0.1) is 0 Å². The molecule has 0 aliphatic carbocycles. The van der Waals surface area contributed by atoms with Crippen LogP contribution in [-0.4, -0.2) is 47.3 Å². The van der Waals surface area contributed by atoms with Crippen LogP contribution in [0.5, 0.6) is 0 Å². The summed E-state index contributed by atoms with van der Waals surface area (Å²) in [6, 6.07) is 4.36. The van der Waals surface area contributed by atoms with E-state index < -0.39 is 5.60 Å². The molecule has 5 heteroatoms. The molecule has 122 valence electrons. The van der Waals surface area contributed by atoms with Crippen molar-refractivity contribution in [3.8, 4) is 0 Å². The van der Waals surface area contributed by atoms with Crippen molar-refractivity contribution in [1.29, 1.82) is 0 Å². The molecule has 1 fully saturated rings. The number of nitrogens with one attached hydrogen (secondary N) is 1. The molecule has 1 N–H and O–H groups in total. The average molecular weight is 305 g/mol. The predicted molar refractivity (Wildman–Crippen MR) is 86.8 cm³/mol. The highest BCUT2D eigenvalue weighted by Crippen LogP contribution is 2.13. The Kier molecular flexibility index (Phi) is 5.77. The predicted octanol–water partition coefficient (Wildman–Crippen LogP) is 2.61. The first-order valence-corrected chi connectivity index (χ1v) is 8.03. The van der Waals surface area contributed by atoms with Gasteiger partial charge in [0.25, 0.3) is 0 Å². The van der Waals surface area contributed by atoms with Gasteiger partial charge in [0.05, 0.1) is 0 Å². The van der Waals surface area contributed by atoms with E-state index in [1.165, 1.54) is 5.56 Å². The molecule has 0 spiro atoms. The maximum absolute atomic E-state index is 11.8. The van der Waals surface area contributed by atoms with Gasteiger partial charge in [0.1, 0.15) is 5.60 Å². The molecule has 5 nitrogen and oxygen atoms in total. The zero-order valence-electron chi connectivity index (χ0n) is 13.8. The number of carbonyl (C=O) groups excluding carboxylic acids is 1. The number of likely N-dealkylation sites (tertiary alicyclic amines) is 1. The first-order chi connectivity index (χ1) is 10.4. The Hall–Kier alpha value is -1.62. The molecule has 0 atom stereocenters. The number of hydrogen-bond donors (Lipinski definition) is 1. The van der Waals surface area contributed by atoms with E-state index in [0.717, 1.165) is 38.9 Å². The number of piperidine rings is 1. The molecule has 0 bridgehead atoms. The molecule has 0 radical (unpaired) electrons. The number of nitrogens with zero attached hydrogens (tertiary/aromatic N) is 2. The molecular formula is C17H27N3O2. The van der Waals surface area contributed by atoms with E-state index in [2.05, 4.69) is 27.3 Å². The van der Waals surface area contributed by atoms with E-state index in [9.17, 15) is 4.79 Å². The van der Waals surface area contributed by atoms with Crippen LogP contribution in [0.15, 0.2) is 24.5 Å². The van der Waals surface area contributed by atoms with Gasteiger partial charge in [0.15, 0.2) is 0 Å². The SMILES string of the molecule is CC(C)(C)OC(=O)NC1CCN(CCc2ccncc2)CC1. The van der Waals surface area contributed by atoms with Crippen LogP contribution < -0.4 is 5.32 Å². The fraction of sp³-hybridized carbons (Fsp3) is 0.647. The first-order valence-electron chi connectivity index (χ1n) is 8.03. The molecule has 0 aromatic carbocycles. The van der Waals surface area contributed by atoms with E-state index in [-0.39, 0.29) is 12.1 Å². The third-order valence-corrected chi connectivity index (χ3v) is 3.77. The monoisotopic (exact) mass is 305 g/mol. The van der Waals surface area contributed by atoms with Gasteiger partial charge in [-0.1, -0.05) is 0 Å². The third kappa shape index (κ3) is 6.02. The summed E-state index contributed by atoms with van der Waals surface area (Å²) < 4.78 is 5.30. The van der Waals surface area contributed by atoms with Gasteiger partial charge in [-0.05, 0) is 57.7 Å². The molecule has 1 aromatic heterocycles. The summed E-state index contributed by atoms with van der Waals surface area (Å²) in [5, 5.41) is 2.97. The van der Waals surface area contributed by atoms with Crippen LogP contribution in [0.2, 0.25) is 0 Å². The van der Waals surface area contributed by atoms with E-state index in [0.29, 0.717) is 0 Å². The van der Waals surface area contributed by atoms with Crippen molar-refractivity contribution in [2.75, 3.05) is 19.6 Å². The lowest BCUT2D eigenvalue weighted by molar-refractivity contribution is 0.0479. The number of amides is 1. The van der Waals surface area contributed by atoms with Gasteiger partial charge >= 0.3 is 6.09 Å². The lowest BCUT2D eigenvalue weighted by Crippen LogP contribution is -2.46. The Balaban J connectivity index is 1.66. The Labute approximate surface area is 133 Å². The second kappa shape index (κ2) is 7.58. The highest BCUT2D eigenvalue weighted by atomic mass is 16.6. The fourth-order valence-corrected chi connectivity index (χ4v) is 2.61. The van der Waals surface area contributed by atoms with Crippen LogP contribution in [-0.2, 0) is 11.2 Å². The van der Waals surface area contributed by atoms with E-state index >= 15 is 0 Å². The van der Waals surface area contributed by atoms with Crippen molar-refractivity contribution in [3.63, 3.8) is 0 Å². The van der Waals surface area contributed by atoms with Crippen molar-refractivity contribution in [3.05, 3.63) is 30.1 Å². The van der Waals surface area contributed by atoms with E-state index in [1.807, 2.05) is 33.2 Å². The number of alkyl carbamates (subject to hydrolysis) is 1. The molecule has 1 aliphatic heterocycles.